The summed E-state index contributed by atoms with van der Waals surface area (Å²) in [6.07, 6.45) is 0. The number of hydrogen-bond acceptors (Lipinski definition) is 4. The lowest BCUT2D eigenvalue weighted by atomic mass is 10.2. The maximum Gasteiger partial charge on any atom is 0.296 e. The van der Waals surface area contributed by atoms with Crippen LogP contribution in [0.4, 0.5) is 0 Å². The molecule has 0 amide bonds. The minimum atomic E-state index is -3.96. The Morgan fingerprint density at radius 2 is 1.95 bits per heavy atom. The highest BCUT2D eigenvalue weighted by Crippen LogP contribution is 2.31. The van der Waals surface area contributed by atoms with E-state index in [1.54, 1.807) is 18.2 Å². The first kappa shape index (κ1) is 15.8. The van der Waals surface area contributed by atoms with Crippen LogP contribution in [0.5, 0.6) is 0 Å². The molecule has 0 saturated heterocycles. The standard InChI is InChI=1S/C11H10BrCl2N3O2S/c1-6(2)17-10(15-16-11(17)20(14,18)19)7-3-4-8(12)9(13)5-7/h3-6H,1-2H3. The SMILES string of the molecule is CC(C)n1c(-c2ccc(Br)c(Cl)c2)nnc1S(=O)(=O)Cl. The van der Waals surface area contributed by atoms with Crippen molar-refractivity contribution in [2.24, 2.45) is 0 Å². The fourth-order valence-electron chi connectivity index (χ4n) is 1.74. The van der Waals surface area contributed by atoms with Crippen molar-refractivity contribution in [3.63, 3.8) is 0 Å². The van der Waals surface area contributed by atoms with E-state index in [2.05, 4.69) is 26.1 Å². The van der Waals surface area contributed by atoms with Crippen LogP contribution in [0.15, 0.2) is 27.8 Å². The molecule has 2 rings (SSSR count). The van der Waals surface area contributed by atoms with Crippen molar-refractivity contribution in [1.82, 2.24) is 14.8 Å². The highest BCUT2D eigenvalue weighted by Gasteiger charge is 2.25. The Hall–Kier alpha value is -0.630. The van der Waals surface area contributed by atoms with Crippen LogP contribution in [-0.4, -0.2) is 23.2 Å². The zero-order valence-corrected chi connectivity index (χ0v) is 14.4. The van der Waals surface area contributed by atoms with Crippen LogP contribution in [-0.2, 0) is 9.05 Å². The van der Waals surface area contributed by atoms with Crippen LogP contribution in [0, 0.1) is 0 Å². The molecule has 0 spiro atoms. The van der Waals surface area contributed by atoms with Gasteiger partial charge in [0.05, 0.1) is 5.02 Å². The Morgan fingerprint density at radius 3 is 2.45 bits per heavy atom. The zero-order chi connectivity index (χ0) is 15.1. The van der Waals surface area contributed by atoms with Gasteiger partial charge in [-0.05, 0) is 48.0 Å². The number of aromatic nitrogens is 3. The lowest BCUT2D eigenvalue weighted by molar-refractivity contribution is 0.530. The predicted octanol–water partition coefficient (Wildman–Crippen LogP) is 3.87. The molecule has 0 bridgehead atoms. The highest BCUT2D eigenvalue weighted by atomic mass is 79.9. The van der Waals surface area contributed by atoms with E-state index in [1.165, 1.54) is 4.57 Å². The summed E-state index contributed by atoms with van der Waals surface area (Å²) in [4.78, 5) is 0. The van der Waals surface area contributed by atoms with Gasteiger partial charge in [0, 0.05) is 26.8 Å². The van der Waals surface area contributed by atoms with Gasteiger partial charge in [-0.15, -0.1) is 10.2 Å². The second-order valence-electron chi connectivity index (χ2n) is 4.34. The zero-order valence-electron chi connectivity index (χ0n) is 10.5. The van der Waals surface area contributed by atoms with Gasteiger partial charge in [0.15, 0.2) is 5.82 Å². The fourth-order valence-corrected chi connectivity index (χ4v) is 3.15. The van der Waals surface area contributed by atoms with E-state index in [4.69, 9.17) is 22.3 Å². The molecular formula is C11H10BrCl2N3O2S. The van der Waals surface area contributed by atoms with E-state index in [9.17, 15) is 8.42 Å². The topological polar surface area (TPSA) is 64.8 Å². The van der Waals surface area contributed by atoms with E-state index < -0.39 is 9.05 Å². The molecule has 2 aromatic rings. The van der Waals surface area contributed by atoms with Gasteiger partial charge in [0.1, 0.15) is 0 Å². The van der Waals surface area contributed by atoms with Crippen molar-refractivity contribution in [2.75, 3.05) is 0 Å². The third kappa shape index (κ3) is 3.00. The Morgan fingerprint density at radius 1 is 1.30 bits per heavy atom. The maximum absolute atomic E-state index is 11.5. The third-order valence-corrected chi connectivity index (χ3v) is 4.94. The molecule has 5 nitrogen and oxygen atoms in total. The predicted molar refractivity (Wildman–Crippen MR) is 81.6 cm³/mol. The van der Waals surface area contributed by atoms with Crippen molar-refractivity contribution >= 4 is 47.3 Å². The molecule has 0 N–H and O–H groups in total. The summed E-state index contributed by atoms with van der Waals surface area (Å²) in [5.74, 6) is 0.397. The molecule has 20 heavy (non-hydrogen) atoms. The fraction of sp³-hybridized carbons (Fsp3) is 0.273. The lowest BCUT2D eigenvalue weighted by Gasteiger charge is -2.12. The Bertz CT molecular complexity index is 759. The summed E-state index contributed by atoms with van der Waals surface area (Å²) >= 11 is 9.34. The summed E-state index contributed by atoms with van der Waals surface area (Å²) in [7, 11) is 1.42. The molecule has 9 heteroatoms. The molecule has 1 heterocycles. The van der Waals surface area contributed by atoms with Gasteiger partial charge >= 0.3 is 0 Å². The van der Waals surface area contributed by atoms with Gasteiger partial charge in [0.2, 0.25) is 0 Å². The third-order valence-electron chi connectivity index (χ3n) is 2.58. The number of hydrogen-bond donors (Lipinski definition) is 0. The minimum absolute atomic E-state index is 0.175. The van der Waals surface area contributed by atoms with Crippen LogP contribution in [0.1, 0.15) is 19.9 Å². The number of halogens is 3. The number of rotatable bonds is 3. The van der Waals surface area contributed by atoms with Crippen molar-refractivity contribution < 1.29 is 8.42 Å². The molecule has 108 valence electrons. The summed E-state index contributed by atoms with van der Waals surface area (Å²) in [6, 6.07) is 5.03. The smallest absolute Gasteiger partial charge is 0.294 e. The molecule has 0 atom stereocenters. The quantitative estimate of drug-likeness (QED) is 0.736. The second kappa shape index (κ2) is 5.63. The molecule has 0 aliphatic heterocycles. The molecule has 0 aliphatic rings. The second-order valence-corrected chi connectivity index (χ2v) is 8.06. The van der Waals surface area contributed by atoms with Gasteiger partial charge in [-0.2, -0.15) is 0 Å². The summed E-state index contributed by atoms with van der Waals surface area (Å²) in [6.45, 7) is 3.64. The van der Waals surface area contributed by atoms with E-state index >= 15 is 0 Å². The molecular weight excluding hydrogens is 389 g/mol. The van der Waals surface area contributed by atoms with E-state index in [0.717, 1.165) is 4.47 Å². The average molecular weight is 399 g/mol. The van der Waals surface area contributed by atoms with Crippen molar-refractivity contribution in [1.29, 1.82) is 0 Å². The maximum atomic E-state index is 11.5. The van der Waals surface area contributed by atoms with E-state index in [0.29, 0.717) is 16.4 Å². The lowest BCUT2D eigenvalue weighted by Crippen LogP contribution is -2.10. The highest BCUT2D eigenvalue weighted by molar-refractivity contribution is 9.10. The van der Waals surface area contributed by atoms with E-state index in [1.807, 2.05) is 13.8 Å². The monoisotopic (exact) mass is 397 g/mol. The Balaban J connectivity index is 2.69. The van der Waals surface area contributed by atoms with Crippen molar-refractivity contribution in [2.45, 2.75) is 25.0 Å². The van der Waals surface area contributed by atoms with Gasteiger partial charge in [-0.3, -0.25) is 4.57 Å². The molecule has 1 aromatic carbocycles. The molecule has 0 unspecified atom stereocenters. The molecule has 1 aromatic heterocycles. The van der Waals surface area contributed by atoms with Crippen molar-refractivity contribution in [3.8, 4) is 11.4 Å². The van der Waals surface area contributed by atoms with Crippen LogP contribution in [0.3, 0.4) is 0 Å². The first-order valence-electron chi connectivity index (χ1n) is 5.57. The number of benzene rings is 1. The van der Waals surface area contributed by atoms with Crippen molar-refractivity contribution in [3.05, 3.63) is 27.7 Å². The summed E-state index contributed by atoms with van der Waals surface area (Å²) in [5.41, 5.74) is 0.658. The van der Waals surface area contributed by atoms with E-state index in [-0.39, 0.29) is 11.2 Å². The van der Waals surface area contributed by atoms with Crippen LogP contribution in [0.2, 0.25) is 5.02 Å². The molecule has 0 radical (unpaired) electrons. The van der Waals surface area contributed by atoms with Crippen LogP contribution >= 0.6 is 38.2 Å². The Labute approximate surface area is 134 Å². The normalized spacial score (nSPS) is 12.1. The largest absolute Gasteiger partial charge is 0.296 e. The summed E-state index contributed by atoms with van der Waals surface area (Å²) < 4.78 is 25.3. The first-order chi connectivity index (χ1) is 9.21. The van der Waals surface area contributed by atoms with Crippen LogP contribution in [0.25, 0.3) is 11.4 Å². The molecule has 0 saturated carbocycles. The van der Waals surface area contributed by atoms with Gasteiger partial charge in [-0.1, -0.05) is 11.6 Å². The first-order valence-corrected chi connectivity index (χ1v) is 9.05. The molecule has 0 aliphatic carbocycles. The Kier molecular flexibility index (Phi) is 4.44. The number of nitrogens with zero attached hydrogens (tertiary/aromatic N) is 3. The summed E-state index contributed by atoms with van der Waals surface area (Å²) in [5, 5.41) is 7.82. The van der Waals surface area contributed by atoms with Crippen LogP contribution < -0.4 is 0 Å². The molecule has 0 fully saturated rings. The van der Waals surface area contributed by atoms with Gasteiger partial charge in [0.25, 0.3) is 14.2 Å². The van der Waals surface area contributed by atoms with Gasteiger partial charge < -0.3 is 0 Å². The minimum Gasteiger partial charge on any atom is -0.294 e. The average Bonchev–Trinajstić information content (AvgIpc) is 2.77. The van der Waals surface area contributed by atoms with Gasteiger partial charge in [-0.25, -0.2) is 8.42 Å².